The Hall–Kier alpha value is -2.57. The lowest BCUT2D eigenvalue weighted by atomic mass is 9.98. The Morgan fingerprint density at radius 3 is 2.80 bits per heavy atom. The van der Waals surface area contributed by atoms with Gasteiger partial charge < -0.3 is 14.4 Å². The van der Waals surface area contributed by atoms with E-state index in [0.29, 0.717) is 25.5 Å². The molecule has 0 radical (unpaired) electrons. The Bertz CT molecular complexity index is 657. The molecule has 1 aliphatic heterocycles. The van der Waals surface area contributed by atoms with Gasteiger partial charge in [0.2, 0.25) is 5.91 Å². The van der Waals surface area contributed by atoms with Crippen molar-refractivity contribution in [2.45, 2.75) is 25.8 Å². The third-order valence-corrected chi connectivity index (χ3v) is 4.44. The van der Waals surface area contributed by atoms with Crippen molar-refractivity contribution >= 4 is 5.91 Å². The maximum Gasteiger partial charge on any atom is 0.224 e. The highest BCUT2D eigenvalue weighted by molar-refractivity contribution is 5.76. The van der Waals surface area contributed by atoms with Crippen LogP contribution in [-0.2, 0) is 11.3 Å². The largest absolute Gasteiger partial charge is 0.497 e. The lowest BCUT2D eigenvalue weighted by Gasteiger charge is -2.32. The summed E-state index contributed by atoms with van der Waals surface area (Å²) in [5.74, 6) is 2.18. The molecule has 3 rings (SSSR count). The summed E-state index contributed by atoms with van der Waals surface area (Å²) in [5.41, 5.74) is 0. The molecule has 1 aromatic heterocycles. The first kappa shape index (κ1) is 17.3. The lowest BCUT2D eigenvalue weighted by molar-refractivity contribution is -0.133. The number of aromatic nitrogens is 3. The van der Waals surface area contributed by atoms with Crippen LogP contribution in [0.4, 0.5) is 0 Å². The monoisotopic (exact) mass is 344 g/mol. The highest BCUT2D eigenvalue weighted by atomic mass is 16.5. The van der Waals surface area contributed by atoms with Gasteiger partial charge in [0, 0.05) is 25.4 Å². The van der Waals surface area contributed by atoms with Gasteiger partial charge in [0.1, 0.15) is 24.2 Å². The van der Waals surface area contributed by atoms with Gasteiger partial charge in [-0.3, -0.25) is 9.48 Å². The van der Waals surface area contributed by atoms with E-state index >= 15 is 0 Å². The van der Waals surface area contributed by atoms with E-state index in [1.54, 1.807) is 18.1 Å². The van der Waals surface area contributed by atoms with Crippen LogP contribution < -0.4 is 9.47 Å². The minimum absolute atomic E-state index is 0.171. The SMILES string of the molecule is COc1ccc(OC[C@@H]2CCCN(C(=O)CCn3cncn3)C2)cc1. The summed E-state index contributed by atoms with van der Waals surface area (Å²) in [6, 6.07) is 7.58. The topological polar surface area (TPSA) is 69.5 Å². The fourth-order valence-corrected chi connectivity index (χ4v) is 3.03. The van der Waals surface area contributed by atoms with Crippen LogP contribution in [0.1, 0.15) is 19.3 Å². The van der Waals surface area contributed by atoms with Crippen LogP contribution in [0.15, 0.2) is 36.9 Å². The van der Waals surface area contributed by atoms with Crippen LogP contribution in [-0.4, -0.2) is 52.4 Å². The van der Waals surface area contributed by atoms with Crippen LogP contribution in [0.5, 0.6) is 11.5 Å². The summed E-state index contributed by atoms with van der Waals surface area (Å²) < 4.78 is 12.7. The van der Waals surface area contributed by atoms with Crippen molar-refractivity contribution in [3.8, 4) is 11.5 Å². The number of aryl methyl sites for hydroxylation is 1. The molecule has 1 aromatic carbocycles. The zero-order valence-corrected chi connectivity index (χ0v) is 14.5. The molecule has 2 heterocycles. The van der Waals surface area contributed by atoms with Gasteiger partial charge in [-0.1, -0.05) is 0 Å². The van der Waals surface area contributed by atoms with E-state index in [1.807, 2.05) is 29.2 Å². The first-order chi connectivity index (χ1) is 12.2. The normalized spacial score (nSPS) is 17.3. The van der Waals surface area contributed by atoms with Gasteiger partial charge in [-0.2, -0.15) is 5.10 Å². The minimum atomic E-state index is 0.171. The minimum Gasteiger partial charge on any atom is -0.497 e. The lowest BCUT2D eigenvalue weighted by Crippen LogP contribution is -2.41. The number of carbonyl (C=O) groups excluding carboxylic acids is 1. The van der Waals surface area contributed by atoms with Crippen molar-refractivity contribution in [2.75, 3.05) is 26.8 Å². The molecule has 1 aliphatic rings. The molecule has 0 bridgehead atoms. The molecule has 2 aromatic rings. The number of likely N-dealkylation sites (tertiary alicyclic amines) is 1. The average Bonchev–Trinajstić information content (AvgIpc) is 3.19. The van der Waals surface area contributed by atoms with Crippen molar-refractivity contribution < 1.29 is 14.3 Å². The Balaban J connectivity index is 1.44. The van der Waals surface area contributed by atoms with Crippen molar-refractivity contribution in [2.24, 2.45) is 5.92 Å². The van der Waals surface area contributed by atoms with Gasteiger partial charge in [0.15, 0.2) is 0 Å². The Morgan fingerprint density at radius 2 is 2.08 bits per heavy atom. The molecule has 0 N–H and O–H groups in total. The first-order valence-corrected chi connectivity index (χ1v) is 8.61. The number of ether oxygens (including phenoxy) is 2. The highest BCUT2D eigenvalue weighted by Crippen LogP contribution is 2.21. The summed E-state index contributed by atoms with van der Waals surface area (Å²) in [4.78, 5) is 18.2. The fraction of sp³-hybridized carbons (Fsp3) is 0.500. The number of methoxy groups -OCH3 is 1. The van der Waals surface area contributed by atoms with E-state index < -0.39 is 0 Å². The third kappa shape index (κ3) is 4.95. The predicted octanol–water partition coefficient (Wildman–Crippen LogP) is 1.99. The second-order valence-electron chi connectivity index (χ2n) is 6.24. The van der Waals surface area contributed by atoms with E-state index in [-0.39, 0.29) is 5.91 Å². The number of benzene rings is 1. The van der Waals surface area contributed by atoms with Crippen LogP contribution in [0.2, 0.25) is 0 Å². The molecule has 0 saturated carbocycles. The number of hydrogen-bond donors (Lipinski definition) is 0. The van der Waals surface area contributed by atoms with Crippen LogP contribution in [0.25, 0.3) is 0 Å². The van der Waals surface area contributed by atoms with Crippen molar-refractivity contribution in [1.29, 1.82) is 0 Å². The van der Waals surface area contributed by atoms with Crippen LogP contribution in [0, 0.1) is 5.92 Å². The molecule has 1 atom stereocenters. The Kier molecular flexibility index (Phi) is 5.87. The molecule has 134 valence electrons. The van der Waals surface area contributed by atoms with Gasteiger partial charge in [0.05, 0.1) is 20.3 Å². The number of rotatable bonds is 7. The van der Waals surface area contributed by atoms with Gasteiger partial charge in [-0.05, 0) is 37.1 Å². The Morgan fingerprint density at radius 1 is 1.28 bits per heavy atom. The quantitative estimate of drug-likeness (QED) is 0.768. The molecule has 1 fully saturated rings. The summed E-state index contributed by atoms with van der Waals surface area (Å²) in [6.07, 6.45) is 5.68. The van der Waals surface area contributed by atoms with Crippen molar-refractivity contribution in [3.05, 3.63) is 36.9 Å². The molecule has 7 heteroatoms. The van der Waals surface area contributed by atoms with Gasteiger partial charge >= 0.3 is 0 Å². The van der Waals surface area contributed by atoms with Crippen LogP contribution in [0.3, 0.4) is 0 Å². The second-order valence-corrected chi connectivity index (χ2v) is 6.24. The smallest absolute Gasteiger partial charge is 0.224 e. The third-order valence-electron chi connectivity index (χ3n) is 4.44. The molecule has 1 saturated heterocycles. The molecular weight excluding hydrogens is 320 g/mol. The molecule has 25 heavy (non-hydrogen) atoms. The van der Waals surface area contributed by atoms with Crippen LogP contribution >= 0.6 is 0 Å². The number of hydrogen-bond acceptors (Lipinski definition) is 5. The second kappa shape index (κ2) is 8.50. The zero-order valence-electron chi connectivity index (χ0n) is 14.5. The van der Waals surface area contributed by atoms with E-state index in [4.69, 9.17) is 9.47 Å². The molecule has 0 spiro atoms. The summed E-state index contributed by atoms with van der Waals surface area (Å²) in [6.45, 7) is 2.78. The van der Waals surface area contributed by atoms with Gasteiger partial charge in [-0.25, -0.2) is 4.98 Å². The highest BCUT2D eigenvalue weighted by Gasteiger charge is 2.24. The number of nitrogens with zero attached hydrogens (tertiary/aromatic N) is 4. The van der Waals surface area contributed by atoms with Crippen molar-refractivity contribution in [3.63, 3.8) is 0 Å². The first-order valence-electron chi connectivity index (χ1n) is 8.61. The number of carbonyl (C=O) groups is 1. The molecule has 0 unspecified atom stereocenters. The molecule has 1 amide bonds. The van der Waals surface area contributed by atoms with E-state index in [1.165, 1.54) is 6.33 Å². The maximum atomic E-state index is 12.4. The molecule has 7 nitrogen and oxygen atoms in total. The number of piperidine rings is 1. The maximum absolute atomic E-state index is 12.4. The fourth-order valence-electron chi connectivity index (χ4n) is 3.03. The standard InChI is InChI=1S/C18H24N4O3/c1-24-16-4-6-17(7-5-16)25-12-15-3-2-9-21(11-15)18(23)8-10-22-14-19-13-20-22/h4-7,13-15H,2-3,8-12H2,1H3/t15-/m1/s1. The summed E-state index contributed by atoms with van der Waals surface area (Å²) in [7, 11) is 1.65. The van der Waals surface area contributed by atoms with Crippen molar-refractivity contribution in [1.82, 2.24) is 19.7 Å². The van der Waals surface area contributed by atoms with Gasteiger partial charge in [-0.15, -0.1) is 0 Å². The number of amides is 1. The predicted molar refractivity (Wildman–Crippen MR) is 92.4 cm³/mol. The molecule has 0 aliphatic carbocycles. The summed E-state index contributed by atoms with van der Waals surface area (Å²) >= 11 is 0. The zero-order chi connectivity index (χ0) is 17.5. The molecular formula is C18H24N4O3. The van der Waals surface area contributed by atoms with E-state index in [9.17, 15) is 4.79 Å². The Labute approximate surface area is 147 Å². The van der Waals surface area contributed by atoms with Gasteiger partial charge in [0.25, 0.3) is 0 Å². The average molecular weight is 344 g/mol. The van der Waals surface area contributed by atoms with E-state index in [2.05, 4.69) is 10.1 Å². The summed E-state index contributed by atoms with van der Waals surface area (Å²) in [5, 5.41) is 4.03. The van der Waals surface area contributed by atoms with E-state index in [0.717, 1.165) is 37.4 Å².